The van der Waals surface area contributed by atoms with Crippen molar-refractivity contribution in [1.29, 1.82) is 0 Å². The summed E-state index contributed by atoms with van der Waals surface area (Å²) in [5.74, 6) is -1.11. The van der Waals surface area contributed by atoms with E-state index in [1.54, 1.807) is 0 Å². The second-order valence-electron chi connectivity index (χ2n) is 3.88. The first-order chi connectivity index (χ1) is 8.09. The number of unbranched alkanes of at least 4 members (excludes halogenated alkanes) is 1. The molecule has 1 heterocycles. The first-order valence-corrected chi connectivity index (χ1v) is 5.59. The number of carboxylic acid groups (broad SMARTS) is 1. The van der Waals surface area contributed by atoms with Crippen molar-refractivity contribution in [3.05, 3.63) is 0 Å². The van der Waals surface area contributed by atoms with E-state index in [-0.39, 0.29) is 24.8 Å². The van der Waals surface area contributed by atoms with Crippen LogP contribution in [0.5, 0.6) is 0 Å². The lowest BCUT2D eigenvalue weighted by Crippen LogP contribution is -2.58. The lowest BCUT2D eigenvalue weighted by Gasteiger charge is -2.23. The largest absolute Gasteiger partial charge is 0.481 e. The fraction of sp³-hybridized carbons (Fsp3) is 0.700. The lowest BCUT2D eigenvalue weighted by atomic mass is 10.2. The zero-order valence-electron chi connectivity index (χ0n) is 9.49. The molecular weight excluding hydrogens is 226 g/mol. The van der Waals surface area contributed by atoms with Crippen molar-refractivity contribution in [3.8, 4) is 0 Å². The molecule has 96 valence electrons. The number of amides is 2. The van der Waals surface area contributed by atoms with Crippen LogP contribution >= 0.6 is 0 Å². The molecule has 1 unspecified atom stereocenters. The Balaban J connectivity index is 2.08. The molecule has 1 saturated heterocycles. The van der Waals surface area contributed by atoms with Crippen LogP contribution in [0.1, 0.15) is 19.3 Å². The van der Waals surface area contributed by atoms with Crippen molar-refractivity contribution in [2.24, 2.45) is 0 Å². The van der Waals surface area contributed by atoms with Gasteiger partial charge in [-0.15, -0.1) is 0 Å². The summed E-state index contributed by atoms with van der Waals surface area (Å²) >= 11 is 0. The molecule has 0 aromatic carbocycles. The van der Waals surface area contributed by atoms with E-state index in [4.69, 9.17) is 5.11 Å². The summed E-state index contributed by atoms with van der Waals surface area (Å²) in [5, 5.41) is 16.5. The van der Waals surface area contributed by atoms with Gasteiger partial charge in [0.1, 0.15) is 6.04 Å². The van der Waals surface area contributed by atoms with Crippen LogP contribution in [0.15, 0.2) is 0 Å². The fourth-order valence-electron chi connectivity index (χ4n) is 1.49. The molecule has 1 fully saturated rings. The van der Waals surface area contributed by atoms with E-state index >= 15 is 0 Å². The van der Waals surface area contributed by atoms with Crippen molar-refractivity contribution in [2.45, 2.75) is 25.3 Å². The topological polar surface area (TPSA) is 108 Å². The number of aliphatic carboxylic acids is 1. The highest BCUT2D eigenvalue weighted by atomic mass is 16.4. The van der Waals surface area contributed by atoms with Crippen LogP contribution in [-0.4, -0.2) is 48.6 Å². The average molecular weight is 243 g/mol. The maximum Gasteiger partial charge on any atom is 0.303 e. The number of hydrogen-bond acceptors (Lipinski definition) is 4. The molecule has 4 N–H and O–H groups in total. The van der Waals surface area contributed by atoms with E-state index < -0.39 is 12.0 Å². The van der Waals surface area contributed by atoms with Gasteiger partial charge >= 0.3 is 5.97 Å². The van der Waals surface area contributed by atoms with Crippen LogP contribution in [0.3, 0.4) is 0 Å². The molecule has 17 heavy (non-hydrogen) atoms. The minimum absolute atomic E-state index is 0.115. The van der Waals surface area contributed by atoms with Crippen LogP contribution in [0.25, 0.3) is 0 Å². The molecule has 2 amide bonds. The van der Waals surface area contributed by atoms with Crippen molar-refractivity contribution in [2.75, 3.05) is 19.6 Å². The minimum Gasteiger partial charge on any atom is -0.481 e. The first kappa shape index (κ1) is 13.4. The maximum atomic E-state index is 11.6. The van der Waals surface area contributed by atoms with Gasteiger partial charge < -0.3 is 15.7 Å². The van der Waals surface area contributed by atoms with Crippen molar-refractivity contribution in [3.63, 3.8) is 0 Å². The predicted octanol–water partition coefficient (Wildman–Crippen LogP) is -1.55. The molecule has 7 nitrogen and oxygen atoms in total. The van der Waals surface area contributed by atoms with E-state index in [0.717, 1.165) is 0 Å². The Morgan fingerprint density at radius 3 is 2.76 bits per heavy atom. The normalized spacial score (nSPS) is 19.5. The molecule has 7 heteroatoms. The van der Waals surface area contributed by atoms with E-state index in [1.807, 2.05) is 0 Å². The summed E-state index contributed by atoms with van der Waals surface area (Å²) < 4.78 is 0. The van der Waals surface area contributed by atoms with Gasteiger partial charge in [0.15, 0.2) is 0 Å². The van der Waals surface area contributed by atoms with Gasteiger partial charge in [0.05, 0.1) is 6.54 Å². The Labute approximate surface area is 98.9 Å². The highest BCUT2D eigenvalue weighted by Crippen LogP contribution is 1.94. The number of carboxylic acids is 1. The van der Waals surface area contributed by atoms with Crippen molar-refractivity contribution < 1.29 is 19.5 Å². The smallest absolute Gasteiger partial charge is 0.303 e. The van der Waals surface area contributed by atoms with E-state index in [0.29, 0.717) is 25.9 Å². The Morgan fingerprint density at radius 1 is 1.41 bits per heavy atom. The quantitative estimate of drug-likeness (QED) is 0.422. The van der Waals surface area contributed by atoms with Gasteiger partial charge in [0.2, 0.25) is 11.8 Å². The lowest BCUT2D eigenvalue weighted by molar-refractivity contribution is -0.137. The number of carbonyl (C=O) groups is 3. The average Bonchev–Trinajstić information content (AvgIpc) is 2.29. The zero-order chi connectivity index (χ0) is 12.7. The van der Waals surface area contributed by atoms with Gasteiger partial charge in [0, 0.05) is 19.5 Å². The van der Waals surface area contributed by atoms with Crippen LogP contribution in [0, 0.1) is 0 Å². The Bertz CT molecular complexity index is 296. The molecule has 0 aromatic heterocycles. The Morgan fingerprint density at radius 2 is 2.18 bits per heavy atom. The van der Waals surface area contributed by atoms with Crippen LogP contribution in [-0.2, 0) is 14.4 Å². The van der Waals surface area contributed by atoms with E-state index in [9.17, 15) is 14.4 Å². The summed E-state index contributed by atoms with van der Waals surface area (Å²) in [4.78, 5) is 32.6. The van der Waals surface area contributed by atoms with E-state index in [2.05, 4.69) is 16.0 Å². The number of hydrogen-bond donors (Lipinski definition) is 4. The summed E-state index contributed by atoms with van der Waals surface area (Å²) in [6.45, 7) is 0.898. The van der Waals surface area contributed by atoms with Gasteiger partial charge in [-0.1, -0.05) is 0 Å². The van der Waals surface area contributed by atoms with Crippen LogP contribution in [0.4, 0.5) is 0 Å². The van der Waals surface area contributed by atoms with E-state index in [1.165, 1.54) is 0 Å². The third-order valence-electron chi connectivity index (χ3n) is 2.45. The van der Waals surface area contributed by atoms with Gasteiger partial charge in [0.25, 0.3) is 0 Å². The van der Waals surface area contributed by atoms with Gasteiger partial charge in [-0.25, -0.2) is 0 Å². The van der Waals surface area contributed by atoms with Crippen molar-refractivity contribution >= 4 is 17.8 Å². The second-order valence-corrected chi connectivity index (χ2v) is 3.88. The first-order valence-electron chi connectivity index (χ1n) is 5.59. The molecule has 1 aliphatic heterocycles. The summed E-state index contributed by atoms with van der Waals surface area (Å²) in [7, 11) is 0. The summed E-state index contributed by atoms with van der Waals surface area (Å²) in [5.41, 5.74) is 0. The van der Waals surface area contributed by atoms with Gasteiger partial charge in [-0.3, -0.25) is 19.7 Å². The van der Waals surface area contributed by atoms with Gasteiger partial charge in [-0.2, -0.15) is 0 Å². The molecule has 0 spiro atoms. The summed E-state index contributed by atoms with van der Waals surface area (Å²) in [6.07, 6.45) is 1.30. The number of nitrogens with one attached hydrogen (secondary N) is 3. The predicted molar refractivity (Wildman–Crippen MR) is 59.3 cm³/mol. The van der Waals surface area contributed by atoms with Crippen LogP contribution in [0.2, 0.25) is 0 Å². The van der Waals surface area contributed by atoms with Gasteiger partial charge in [-0.05, 0) is 12.8 Å². The van der Waals surface area contributed by atoms with Crippen LogP contribution < -0.4 is 16.0 Å². The molecule has 0 aromatic rings. The monoisotopic (exact) mass is 243 g/mol. The second kappa shape index (κ2) is 6.85. The minimum atomic E-state index is -0.826. The highest BCUT2D eigenvalue weighted by molar-refractivity contribution is 5.86. The molecule has 0 radical (unpaired) electrons. The molecular formula is C10H17N3O4. The van der Waals surface area contributed by atoms with Crippen molar-refractivity contribution in [1.82, 2.24) is 16.0 Å². The SMILES string of the molecule is O=C(O)CCCCNC(=O)C1CNC(=O)CN1. The maximum absolute atomic E-state index is 11.6. The zero-order valence-corrected chi connectivity index (χ0v) is 9.49. The third-order valence-corrected chi connectivity index (χ3v) is 2.45. The molecule has 0 saturated carbocycles. The molecule has 1 aliphatic rings. The number of carbonyl (C=O) groups excluding carboxylic acids is 2. The Hall–Kier alpha value is -1.63. The molecule has 0 aliphatic carbocycles. The molecule has 1 rings (SSSR count). The standard InChI is InChI=1S/C10H17N3O4/c14-8-6-12-7(5-13-8)10(17)11-4-2-1-3-9(15)16/h7,12H,1-6H2,(H,11,17)(H,13,14)(H,15,16). The molecule has 1 atom stereocenters. The number of piperazine rings is 1. The third kappa shape index (κ3) is 5.30. The fourth-order valence-corrected chi connectivity index (χ4v) is 1.49. The summed E-state index contributed by atoms with van der Waals surface area (Å²) in [6, 6.07) is -0.396. The highest BCUT2D eigenvalue weighted by Gasteiger charge is 2.22. The molecule has 0 bridgehead atoms. The number of rotatable bonds is 6. The Kier molecular flexibility index (Phi) is 5.41.